The van der Waals surface area contributed by atoms with Gasteiger partial charge in [0.2, 0.25) is 6.41 Å². The Bertz CT molecular complexity index is 612. The summed E-state index contributed by atoms with van der Waals surface area (Å²) >= 11 is 0. The normalized spacial score (nSPS) is 20.4. The quantitative estimate of drug-likeness (QED) is 0.471. The molecule has 1 saturated heterocycles. The van der Waals surface area contributed by atoms with Gasteiger partial charge in [0.15, 0.2) is 0 Å². The molecule has 0 spiro atoms. The number of rotatable bonds is 7. The molecule has 1 aromatic rings. The van der Waals surface area contributed by atoms with Gasteiger partial charge in [0, 0.05) is 24.7 Å². The fraction of sp³-hybridized carbons (Fsp3) is 0.500. The number of nitrogens with zero attached hydrogens (tertiary/aromatic N) is 2. The number of nitrogens with one attached hydrogen (secondary N) is 1. The largest absolute Gasteiger partial charge is 0.490 e. The smallest absolute Gasteiger partial charge is 0.227 e. The molecular formula is C20H27N3O2. The van der Waals surface area contributed by atoms with Crippen LogP contribution in [0, 0.1) is 0 Å². The molecule has 5 heteroatoms. The zero-order valence-corrected chi connectivity index (χ0v) is 14.9. The van der Waals surface area contributed by atoms with Gasteiger partial charge in [-0.15, -0.1) is 0 Å². The lowest BCUT2D eigenvalue weighted by molar-refractivity contribution is -0.109. The number of piperidine rings is 1. The average molecular weight is 341 g/mol. The third kappa shape index (κ3) is 4.69. The summed E-state index contributed by atoms with van der Waals surface area (Å²) in [4.78, 5) is 13.1. The van der Waals surface area contributed by atoms with Crippen molar-refractivity contribution in [1.82, 2.24) is 10.3 Å². The lowest BCUT2D eigenvalue weighted by Gasteiger charge is -2.41. The number of hydrogen-bond donors (Lipinski definition) is 1. The summed E-state index contributed by atoms with van der Waals surface area (Å²) in [6.07, 6.45) is 11.0. The first-order valence-electron chi connectivity index (χ1n) is 9.21. The Morgan fingerprint density at radius 1 is 1.20 bits per heavy atom. The van der Waals surface area contributed by atoms with Gasteiger partial charge in [-0.1, -0.05) is 12.5 Å². The number of allylic oxidation sites excluding steroid dienone is 2. The van der Waals surface area contributed by atoms with Gasteiger partial charge in [-0.3, -0.25) is 4.79 Å². The van der Waals surface area contributed by atoms with Crippen LogP contribution in [0.4, 0.5) is 0 Å². The highest BCUT2D eigenvalue weighted by atomic mass is 16.5. The van der Waals surface area contributed by atoms with E-state index in [1.165, 1.54) is 19.3 Å². The minimum absolute atomic E-state index is 0.308. The molecule has 2 fully saturated rings. The van der Waals surface area contributed by atoms with Crippen molar-refractivity contribution in [2.24, 2.45) is 5.10 Å². The minimum atomic E-state index is 0.308. The zero-order chi connectivity index (χ0) is 17.5. The summed E-state index contributed by atoms with van der Waals surface area (Å²) in [6, 6.07) is 8.75. The molecule has 134 valence electrons. The number of carbonyl (C=O) groups excluding carboxylic acids is 1. The van der Waals surface area contributed by atoms with Gasteiger partial charge in [-0.2, -0.15) is 5.10 Å². The van der Waals surface area contributed by atoms with Crippen molar-refractivity contribution in [3.63, 3.8) is 0 Å². The molecule has 3 rings (SSSR count). The fourth-order valence-electron chi connectivity index (χ4n) is 3.46. The molecule has 1 saturated carbocycles. The van der Waals surface area contributed by atoms with Crippen LogP contribution in [-0.2, 0) is 4.79 Å². The number of likely N-dealkylation sites (tertiary alicyclic amines) is 1. The van der Waals surface area contributed by atoms with Crippen LogP contribution in [-0.4, -0.2) is 42.3 Å². The van der Waals surface area contributed by atoms with Crippen LogP contribution in [0.3, 0.4) is 0 Å². The van der Waals surface area contributed by atoms with Crippen molar-refractivity contribution in [2.75, 3.05) is 13.1 Å². The summed E-state index contributed by atoms with van der Waals surface area (Å²) in [5.74, 6) is 0.897. The number of amides is 1. The molecule has 2 aliphatic rings. The van der Waals surface area contributed by atoms with E-state index in [4.69, 9.17) is 4.74 Å². The van der Waals surface area contributed by atoms with Gasteiger partial charge >= 0.3 is 0 Å². The summed E-state index contributed by atoms with van der Waals surface area (Å²) in [5, 5.41) is 4.05. The topological polar surface area (TPSA) is 53.9 Å². The van der Waals surface area contributed by atoms with E-state index < -0.39 is 0 Å². The predicted molar refractivity (Wildman–Crippen MR) is 99.9 cm³/mol. The van der Waals surface area contributed by atoms with Gasteiger partial charge in [-0.25, -0.2) is 5.43 Å². The lowest BCUT2D eigenvalue weighted by atomic mass is 9.90. The highest BCUT2D eigenvalue weighted by Crippen LogP contribution is 2.28. The summed E-state index contributed by atoms with van der Waals surface area (Å²) < 4.78 is 6.15. The zero-order valence-electron chi connectivity index (χ0n) is 14.9. The average Bonchev–Trinajstić information content (AvgIpc) is 2.60. The van der Waals surface area contributed by atoms with Crippen LogP contribution in [0.25, 0.3) is 0 Å². The van der Waals surface area contributed by atoms with Crippen molar-refractivity contribution < 1.29 is 9.53 Å². The van der Waals surface area contributed by atoms with Crippen molar-refractivity contribution in [3.8, 4) is 5.75 Å². The minimum Gasteiger partial charge on any atom is -0.490 e. The number of ether oxygens (including phenoxy) is 1. The van der Waals surface area contributed by atoms with Crippen LogP contribution in [0.5, 0.6) is 5.75 Å². The van der Waals surface area contributed by atoms with Gasteiger partial charge in [-0.05, 0) is 62.9 Å². The Morgan fingerprint density at radius 3 is 2.48 bits per heavy atom. The second-order valence-corrected chi connectivity index (χ2v) is 6.71. The van der Waals surface area contributed by atoms with E-state index in [0.29, 0.717) is 12.5 Å². The third-order valence-electron chi connectivity index (χ3n) is 5.08. The van der Waals surface area contributed by atoms with E-state index in [-0.39, 0.29) is 0 Å². The van der Waals surface area contributed by atoms with Crippen LogP contribution in [0.1, 0.15) is 44.6 Å². The molecule has 5 nitrogen and oxygen atoms in total. The molecule has 1 aliphatic heterocycles. The monoisotopic (exact) mass is 341 g/mol. The number of hydrogen-bond acceptors (Lipinski definition) is 4. The Kier molecular flexibility index (Phi) is 6.23. The van der Waals surface area contributed by atoms with Crippen LogP contribution in [0.15, 0.2) is 41.5 Å². The van der Waals surface area contributed by atoms with E-state index in [0.717, 1.165) is 49.0 Å². The van der Waals surface area contributed by atoms with Crippen molar-refractivity contribution >= 4 is 12.1 Å². The van der Waals surface area contributed by atoms with E-state index in [1.807, 2.05) is 43.3 Å². The molecule has 0 atom stereocenters. The van der Waals surface area contributed by atoms with E-state index in [2.05, 4.69) is 15.4 Å². The summed E-state index contributed by atoms with van der Waals surface area (Å²) in [6.45, 7) is 4.23. The van der Waals surface area contributed by atoms with Gasteiger partial charge in [0.25, 0.3) is 0 Å². The Balaban J connectivity index is 1.54. The van der Waals surface area contributed by atoms with Crippen LogP contribution >= 0.6 is 0 Å². The number of hydrazone groups is 1. The standard InChI is InChI=1S/C20H27N3O2/c1-2-4-20(22-21-15-24)16-7-9-18(10-8-16)25-19-11-13-23(14-12-19)17-5-3-6-17/h2,4,7-10,15,17,19H,3,5-6,11-14H2,1H3,(H,21,24)/b4-2-,22-20+. The molecule has 1 amide bonds. The van der Waals surface area contributed by atoms with Crippen molar-refractivity contribution in [3.05, 3.63) is 42.0 Å². The van der Waals surface area contributed by atoms with E-state index in [9.17, 15) is 4.79 Å². The maximum absolute atomic E-state index is 10.4. The number of benzene rings is 1. The molecule has 1 aromatic carbocycles. The number of carbonyl (C=O) groups is 1. The Morgan fingerprint density at radius 2 is 1.92 bits per heavy atom. The SMILES string of the molecule is C/C=C\C(=N/NC=O)c1ccc(OC2CCN(C3CCC3)CC2)cc1. The summed E-state index contributed by atoms with van der Waals surface area (Å²) in [7, 11) is 0. The molecule has 1 aliphatic carbocycles. The van der Waals surface area contributed by atoms with Gasteiger partial charge < -0.3 is 9.64 Å². The first kappa shape index (κ1) is 17.7. The highest BCUT2D eigenvalue weighted by molar-refractivity contribution is 6.08. The second kappa shape index (κ2) is 8.81. The Hall–Kier alpha value is -2.14. The first-order chi connectivity index (χ1) is 12.3. The van der Waals surface area contributed by atoms with E-state index >= 15 is 0 Å². The molecule has 0 unspecified atom stereocenters. The van der Waals surface area contributed by atoms with E-state index in [1.54, 1.807) is 0 Å². The molecule has 0 aromatic heterocycles. The molecule has 0 radical (unpaired) electrons. The van der Waals surface area contributed by atoms with Gasteiger partial charge in [0.1, 0.15) is 11.9 Å². The maximum Gasteiger partial charge on any atom is 0.227 e. The molecule has 25 heavy (non-hydrogen) atoms. The lowest BCUT2D eigenvalue weighted by Crippen LogP contribution is -2.46. The second-order valence-electron chi connectivity index (χ2n) is 6.71. The first-order valence-corrected chi connectivity index (χ1v) is 9.21. The fourth-order valence-corrected chi connectivity index (χ4v) is 3.46. The molecule has 0 bridgehead atoms. The third-order valence-corrected chi connectivity index (χ3v) is 5.08. The predicted octanol–water partition coefficient (Wildman–Crippen LogP) is 3.11. The Labute approximate surface area is 149 Å². The molecular weight excluding hydrogens is 314 g/mol. The van der Waals surface area contributed by atoms with Crippen LogP contribution in [0.2, 0.25) is 0 Å². The maximum atomic E-state index is 10.4. The van der Waals surface area contributed by atoms with Crippen molar-refractivity contribution in [1.29, 1.82) is 0 Å². The van der Waals surface area contributed by atoms with Crippen molar-refractivity contribution in [2.45, 2.75) is 51.2 Å². The van der Waals surface area contributed by atoms with Crippen LogP contribution < -0.4 is 10.2 Å². The summed E-state index contributed by atoms with van der Waals surface area (Å²) in [5.41, 5.74) is 4.02. The van der Waals surface area contributed by atoms with Gasteiger partial charge in [0.05, 0.1) is 5.71 Å². The molecule has 1 heterocycles. The highest BCUT2D eigenvalue weighted by Gasteiger charge is 2.29. The molecule has 1 N–H and O–H groups in total.